The van der Waals surface area contributed by atoms with Crippen LogP contribution in [0.25, 0.3) is 10.2 Å². The Bertz CT molecular complexity index is 819. The number of nitrogens with zero attached hydrogens (tertiary/aromatic N) is 4. The third kappa shape index (κ3) is 2.18. The van der Waals surface area contributed by atoms with Gasteiger partial charge in [0, 0.05) is 24.3 Å². The van der Waals surface area contributed by atoms with Crippen LogP contribution in [-0.2, 0) is 19.9 Å². The minimum atomic E-state index is 0.109. The van der Waals surface area contributed by atoms with Gasteiger partial charge < -0.3 is 9.88 Å². The van der Waals surface area contributed by atoms with Crippen molar-refractivity contribution in [3.05, 3.63) is 35.0 Å². The molecule has 0 aliphatic heterocycles. The van der Waals surface area contributed by atoms with Crippen molar-refractivity contribution >= 4 is 27.4 Å². The van der Waals surface area contributed by atoms with Gasteiger partial charge in [-0.1, -0.05) is 0 Å². The Morgan fingerprint density at radius 2 is 2.09 bits per heavy atom. The standard InChI is InChI=1S/C16H19N5S/c1-10(15-17-7-8-21(15)2)20-14-13-11-5-3-4-6-12(11)22-16(13)19-9-18-14/h7-10H,3-6H2,1-2H3,(H,18,19,20). The highest BCUT2D eigenvalue weighted by atomic mass is 32.1. The predicted molar refractivity (Wildman–Crippen MR) is 89.3 cm³/mol. The van der Waals surface area contributed by atoms with E-state index >= 15 is 0 Å². The maximum Gasteiger partial charge on any atom is 0.139 e. The molecule has 0 spiro atoms. The number of aryl methyl sites for hydroxylation is 3. The van der Waals surface area contributed by atoms with Gasteiger partial charge >= 0.3 is 0 Å². The highest BCUT2D eigenvalue weighted by molar-refractivity contribution is 7.19. The van der Waals surface area contributed by atoms with Crippen molar-refractivity contribution in [1.82, 2.24) is 19.5 Å². The largest absolute Gasteiger partial charge is 0.360 e. The lowest BCUT2D eigenvalue weighted by molar-refractivity contribution is 0.699. The van der Waals surface area contributed by atoms with Crippen LogP contribution in [0.1, 0.15) is 42.1 Å². The van der Waals surface area contributed by atoms with E-state index in [2.05, 4.69) is 27.2 Å². The number of hydrogen-bond donors (Lipinski definition) is 1. The van der Waals surface area contributed by atoms with E-state index in [-0.39, 0.29) is 6.04 Å². The second kappa shape index (κ2) is 5.35. The Balaban J connectivity index is 1.75. The van der Waals surface area contributed by atoms with Gasteiger partial charge in [-0.2, -0.15) is 0 Å². The number of aromatic nitrogens is 4. The molecule has 1 aliphatic rings. The van der Waals surface area contributed by atoms with E-state index in [1.54, 1.807) is 6.33 Å². The Hall–Kier alpha value is -1.95. The van der Waals surface area contributed by atoms with Crippen LogP contribution in [0, 0.1) is 0 Å². The first-order valence-electron chi connectivity index (χ1n) is 7.73. The third-order valence-corrected chi connectivity index (χ3v) is 5.55. The summed E-state index contributed by atoms with van der Waals surface area (Å²) in [7, 11) is 2.02. The predicted octanol–water partition coefficient (Wildman–Crippen LogP) is 3.48. The van der Waals surface area contributed by atoms with Gasteiger partial charge in [-0.15, -0.1) is 11.3 Å². The molecule has 6 heteroatoms. The van der Waals surface area contributed by atoms with Gasteiger partial charge in [0.1, 0.15) is 22.8 Å². The lowest BCUT2D eigenvalue weighted by atomic mass is 9.97. The van der Waals surface area contributed by atoms with Crippen molar-refractivity contribution in [3.8, 4) is 0 Å². The summed E-state index contributed by atoms with van der Waals surface area (Å²) in [4.78, 5) is 16.0. The summed E-state index contributed by atoms with van der Waals surface area (Å²) in [5.41, 5.74) is 1.46. The van der Waals surface area contributed by atoms with Crippen LogP contribution in [0.4, 0.5) is 5.82 Å². The molecule has 0 amide bonds. The molecule has 1 N–H and O–H groups in total. The van der Waals surface area contributed by atoms with Crippen molar-refractivity contribution in [3.63, 3.8) is 0 Å². The molecule has 1 aliphatic carbocycles. The average molecular weight is 313 g/mol. The van der Waals surface area contributed by atoms with Gasteiger partial charge in [0.25, 0.3) is 0 Å². The Labute approximate surface area is 133 Å². The van der Waals surface area contributed by atoms with E-state index in [0.717, 1.165) is 22.9 Å². The van der Waals surface area contributed by atoms with E-state index in [4.69, 9.17) is 0 Å². The number of anilines is 1. The fourth-order valence-corrected chi connectivity index (χ4v) is 4.49. The minimum Gasteiger partial charge on any atom is -0.360 e. The zero-order valence-corrected chi connectivity index (χ0v) is 13.7. The van der Waals surface area contributed by atoms with E-state index < -0.39 is 0 Å². The van der Waals surface area contributed by atoms with Crippen molar-refractivity contribution in [2.24, 2.45) is 7.05 Å². The molecular formula is C16H19N5S. The lowest BCUT2D eigenvalue weighted by Crippen LogP contribution is -2.13. The van der Waals surface area contributed by atoms with Gasteiger partial charge in [-0.25, -0.2) is 15.0 Å². The highest BCUT2D eigenvalue weighted by Gasteiger charge is 2.21. The molecule has 0 saturated heterocycles. The summed E-state index contributed by atoms with van der Waals surface area (Å²) < 4.78 is 2.04. The van der Waals surface area contributed by atoms with Gasteiger partial charge in [0.15, 0.2) is 0 Å². The SMILES string of the molecule is CC(Nc1ncnc2sc3c(c12)CCCC3)c1nccn1C. The zero-order chi connectivity index (χ0) is 15.1. The van der Waals surface area contributed by atoms with Gasteiger partial charge in [0.05, 0.1) is 11.4 Å². The number of hydrogen-bond acceptors (Lipinski definition) is 5. The van der Waals surface area contributed by atoms with Crippen LogP contribution >= 0.6 is 11.3 Å². The molecule has 3 heterocycles. The van der Waals surface area contributed by atoms with E-state index in [0.29, 0.717) is 0 Å². The summed E-state index contributed by atoms with van der Waals surface area (Å²) in [5, 5.41) is 4.76. The number of thiophene rings is 1. The minimum absolute atomic E-state index is 0.109. The highest BCUT2D eigenvalue weighted by Crippen LogP contribution is 2.38. The maximum atomic E-state index is 4.51. The van der Waals surface area contributed by atoms with Crippen molar-refractivity contribution in [1.29, 1.82) is 0 Å². The van der Waals surface area contributed by atoms with Crippen molar-refractivity contribution in [2.45, 2.75) is 38.6 Å². The molecule has 0 fully saturated rings. The molecule has 5 nitrogen and oxygen atoms in total. The number of rotatable bonds is 3. The van der Waals surface area contributed by atoms with Gasteiger partial charge in [-0.05, 0) is 38.2 Å². The van der Waals surface area contributed by atoms with Crippen molar-refractivity contribution < 1.29 is 0 Å². The molecular weight excluding hydrogens is 294 g/mol. The maximum absolute atomic E-state index is 4.51. The average Bonchev–Trinajstić information content (AvgIpc) is 3.10. The molecule has 1 unspecified atom stereocenters. The molecule has 3 aromatic rings. The Kier molecular flexibility index (Phi) is 3.33. The quantitative estimate of drug-likeness (QED) is 0.804. The molecule has 0 radical (unpaired) electrons. The first kappa shape index (κ1) is 13.7. The van der Waals surface area contributed by atoms with Crippen LogP contribution in [0.15, 0.2) is 18.7 Å². The van der Waals surface area contributed by atoms with Crippen LogP contribution in [0.3, 0.4) is 0 Å². The Morgan fingerprint density at radius 3 is 2.91 bits per heavy atom. The second-order valence-corrected chi connectivity index (χ2v) is 6.96. The fraction of sp³-hybridized carbons (Fsp3) is 0.438. The van der Waals surface area contributed by atoms with Crippen LogP contribution in [0.2, 0.25) is 0 Å². The molecule has 3 aromatic heterocycles. The summed E-state index contributed by atoms with van der Waals surface area (Å²) in [5.74, 6) is 1.95. The van der Waals surface area contributed by atoms with Gasteiger partial charge in [0.2, 0.25) is 0 Å². The molecule has 1 atom stereocenters. The first-order chi connectivity index (χ1) is 10.7. The van der Waals surface area contributed by atoms with E-state index in [1.165, 1.54) is 35.1 Å². The van der Waals surface area contributed by atoms with Crippen molar-refractivity contribution in [2.75, 3.05) is 5.32 Å². The summed E-state index contributed by atoms with van der Waals surface area (Å²) in [6.07, 6.45) is 10.4. The second-order valence-electron chi connectivity index (χ2n) is 5.88. The van der Waals surface area contributed by atoms with Gasteiger partial charge in [-0.3, -0.25) is 0 Å². The van der Waals surface area contributed by atoms with E-state index in [1.807, 2.05) is 35.3 Å². The smallest absolute Gasteiger partial charge is 0.139 e. The third-order valence-electron chi connectivity index (χ3n) is 4.35. The molecule has 114 valence electrons. The number of fused-ring (bicyclic) bond motifs is 3. The summed E-state index contributed by atoms with van der Waals surface area (Å²) >= 11 is 1.83. The number of imidazole rings is 1. The fourth-order valence-electron chi connectivity index (χ4n) is 3.26. The molecule has 22 heavy (non-hydrogen) atoms. The van der Waals surface area contributed by atoms with Crippen LogP contribution < -0.4 is 5.32 Å². The monoisotopic (exact) mass is 313 g/mol. The summed E-state index contributed by atoms with van der Waals surface area (Å²) in [6, 6.07) is 0.109. The first-order valence-corrected chi connectivity index (χ1v) is 8.54. The number of nitrogens with one attached hydrogen (secondary N) is 1. The molecule has 0 aromatic carbocycles. The topological polar surface area (TPSA) is 55.6 Å². The Morgan fingerprint density at radius 1 is 1.23 bits per heavy atom. The lowest BCUT2D eigenvalue weighted by Gasteiger charge is -2.16. The normalized spacial score (nSPS) is 15.7. The molecule has 0 bridgehead atoms. The summed E-state index contributed by atoms with van der Waals surface area (Å²) in [6.45, 7) is 2.12. The molecule has 0 saturated carbocycles. The van der Waals surface area contributed by atoms with Crippen LogP contribution in [-0.4, -0.2) is 19.5 Å². The zero-order valence-electron chi connectivity index (χ0n) is 12.8. The van der Waals surface area contributed by atoms with E-state index in [9.17, 15) is 0 Å². The van der Waals surface area contributed by atoms with Crippen LogP contribution in [0.5, 0.6) is 0 Å². The molecule has 4 rings (SSSR count).